The minimum Gasteiger partial charge on any atom is -0.481 e. The van der Waals surface area contributed by atoms with E-state index in [0.717, 1.165) is 12.8 Å². The summed E-state index contributed by atoms with van der Waals surface area (Å²) in [7, 11) is 0. The Labute approximate surface area is 109 Å². The van der Waals surface area contributed by atoms with E-state index in [0.29, 0.717) is 18.3 Å². The zero-order valence-electron chi connectivity index (χ0n) is 11.1. The molecule has 1 aromatic carbocycles. The molecule has 0 spiro atoms. The fourth-order valence-corrected chi connectivity index (χ4v) is 3.27. The number of carboxylic acids is 1. The number of aliphatic carboxylic acids is 1. The van der Waals surface area contributed by atoms with Crippen LogP contribution in [0.25, 0.3) is 0 Å². The van der Waals surface area contributed by atoms with Crippen LogP contribution in [0.1, 0.15) is 55.6 Å². The molecular formula is C16H22O2. The lowest BCUT2D eigenvalue weighted by atomic mass is 9.79. The summed E-state index contributed by atoms with van der Waals surface area (Å²) < 4.78 is 0. The molecule has 0 heterocycles. The summed E-state index contributed by atoms with van der Waals surface area (Å²) in [5, 5.41) is 9.09. The van der Waals surface area contributed by atoms with Gasteiger partial charge in [-0.05, 0) is 42.7 Å². The average molecular weight is 246 g/mol. The van der Waals surface area contributed by atoms with Crippen molar-refractivity contribution >= 4 is 5.97 Å². The van der Waals surface area contributed by atoms with Gasteiger partial charge in [0.1, 0.15) is 0 Å². The van der Waals surface area contributed by atoms with Gasteiger partial charge in [0.15, 0.2) is 0 Å². The molecule has 18 heavy (non-hydrogen) atoms. The second-order valence-electron chi connectivity index (χ2n) is 5.46. The van der Waals surface area contributed by atoms with Crippen LogP contribution in [0.4, 0.5) is 0 Å². The fourth-order valence-electron chi connectivity index (χ4n) is 3.27. The van der Waals surface area contributed by atoms with Gasteiger partial charge >= 0.3 is 5.97 Å². The Kier molecular flexibility index (Phi) is 4.40. The van der Waals surface area contributed by atoms with E-state index in [1.807, 2.05) is 0 Å². The summed E-state index contributed by atoms with van der Waals surface area (Å²) in [5.74, 6) is 0.0939. The lowest BCUT2D eigenvalue weighted by molar-refractivity contribution is -0.138. The molecule has 1 aliphatic rings. The fraction of sp³-hybridized carbons (Fsp3) is 0.562. The molecule has 0 saturated heterocycles. The molecule has 0 amide bonds. The second-order valence-corrected chi connectivity index (χ2v) is 5.46. The van der Waals surface area contributed by atoms with Gasteiger partial charge in [0.05, 0.1) is 0 Å². The van der Waals surface area contributed by atoms with Crippen molar-refractivity contribution in [2.45, 2.75) is 51.4 Å². The van der Waals surface area contributed by atoms with E-state index in [2.05, 4.69) is 31.2 Å². The number of carboxylic acid groups (broad SMARTS) is 1. The molecule has 2 atom stereocenters. The van der Waals surface area contributed by atoms with E-state index >= 15 is 0 Å². The first-order valence-corrected chi connectivity index (χ1v) is 6.96. The van der Waals surface area contributed by atoms with Crippen LogP contribution >= 0.6 is 0 Å². The number of benzene rings is 1. The Balaban J connectivity index is 2.25. The van der Waals surface area contributed by atoms with Gasteiger partial charge in [-0.25, -0.2) is 0 Å². The van der Waals surface area contributed by atoms with Crippen molar-refractivity contribution in [3.63, 3.8) is 0 Å². The number of aryl methyl sites for hydroxylation is 1. The standard InChI is InChI=1S/C16H22O2/c1-12-7-5-6-9-14(12)15-10-4-2-3-8-13(15)11-16(17)18/h5-7,9,13,15H,2-4,8,10-11H2,1H3,(H,17,18). The van der Waals surface area contributed by atoms with Crippen LogP contribution < -0.4 is 0 Å². The second kappa shape index (κ2) is 6.03. The molecule has 2 nitrogen and oxygen atoms in total. The molecule has 1 fully saturated rings. The highest BCUT2D eigenvalue weighted by Crippen LogP contribution is 2.39. The van der Waals surface area contributed by atoms with Crippen molar-refractivity contribution in [2.24, 2.45) is 5.92 Å². The first kappa shape index (κ1) is 13.1. The molecule has 1 saturated carbocycles. The summed E-state index contributed by atoms with van der Waals surface area (Å²) in [6, 6.07) is 8.45. The highest BCUT2D eigenvalue weighted by molar-refractivity contribution is 5.67. The molecule has 98 valence electrons. The van der Waals surface area contributed by atoms with Gasteiger partial charge in [-0.3, -0.25) is 4.79 Å². The predicted molar refractivity (Wildman–Crippen MR) is 72.7 cm³/mol. The van der Waals surface area contributed by atoms with Gasteiger partial charge in [-0.15, -0.1) is 0 Å². The van der Waals surface area contributed by atoms with E-state index in [1.54, 1.807) is 0 Å². The molecule has 1 N–H and O–H groups in total. The third kappa shape index (κ3) is 3.12. The van der Waals surface area contributed by atoms with Gasteiger partial charge in [0.2, 0.25) is 0 Å². The van der Waals surface area contributed by atoms with Crippen LogP contribution in [-0.4, -0.2) is 11.1 Å². The minimum atomic E-state index is -0.652. The van der Waals surface area contributed by atoms with Crippen LogP contribution in [0.5, 0.6) is 0 Å². The van der Waals surface area contributed by atoms with E-state index in [1.165, 1.54) is 30.4 Å². The van der Waals surface area contributed by atoms with Gasteiger partial charge in [-0.2, -0.15) is 0 Å². The maximum absolute atomic E-state index is 11.0. The van der Waals surface area contributed by atoms with Crippen molar-refractivity contribution in [3.05, 3.63) is 35.4 Å². The molecule has 0 radical (unpaired) electrons. The largest absolute Gasteiger partial charge is 0.481 e. The van der Waals surface area contributed by atoms with Crippen molar-refractivity contribution in [1.29, 1.82) is 0 Å². The highest BCUT2D eigenvalue weighted by atomic mass is 16.4. The van der Waals surface area contributed by atoms with E-state index in [9.17, 15) is 4.79 Å². The summed E-state index contributed by atoms with van der Waals surface area (Å²) in [5.41, 5.74) is 2.67. The molecule has 0 aliphatic heterocycles. The van der Waals surface area contributed by atoms with Crippen LogP contribution in [0.2, 0.25) is 0 Å². The topological polar surface area (TPSA) is 37.3 Å². The Morgan fingerprint density at radius 3 is 2.67 bits per heavy atom. The van der Waals surface area contributed by atoms with E-state index in [-0.39, 0.29) is 0 Å². The van der Waals surface area contributed by atoms with E-state index in [4.69, 9.17) is 5.11 Å². The van der Waals surface area contributed by atoms with Gasteiger partial charge in [-0.1, -0.05) is 43.5 Å². The maximum atomic E-state index is 11.0. The Morgan fingerprint density at radius 2 is 1.94 bits per heavy atom. The van der Waals surface area contributed by atoms with Crippen molar-refractivity contribution in [3.8, 4) is 0 Å². The zero-order chi connectivity index (χ0) is 13.0. The number of carbonyl (C=O) groups is 1. The summed E-state index contributed by atoms with van der Waals surface area (Å²) in [6.45, 7) is 2.14. The van der Waals surface area contributed by atoms with Crippen molar-refractivity contribution < 1.29 is 9.90 Å². The lowest BCUT2D eigenvalue weighted by Gasteiger charge is -2.25. The minimum absolute atomic E-state index is 0.311. The number of hydrogen-bond acceptors (Lipinski definition) is 1. The van der Waals surface area contributed by atoms with E-state index < -0.39 is 5.97 Å². The van der Waals surface area contributed by atoms with Gasteiger partial charge < -0.3 is 5.11 Å². The number of rotatable bonds is 3. The summed E-state index contributed by atoms with van der Waals surface area (Å²) in [6.07, 6.45) is 6.18. The Morgan fingerprint density at radius 1 is 1.22 bits per heavy atom. The normalized spacial score (nSPS) is 24.5. The zero-order valence-corrected chi connectivity index (χ0v) is 11.1. The first-order chi connectivity index (χ1) is 8.68. The van der Waals surface area contributed by atoms with Crippen LogP contribution in [0.3, 0.4) is 0 Å². The Hall–Kier alpha value is -1.31. The quantitative estimate of drug-likeness (QED) is 0.814. The van der Waals surface area contributed by atoms with Gasteiger partial charge in [0, 0.05) is 6.42 Å². The lowest BCUT2D eigenvalue weighted by Crippen LogP contribution is -2.16. The molecule has 2 unspecified atom stereocenters. The van der Waals surface area contributed by atoms with Crippen LogP contribution in [0, 0.1) is 12.8 Å². The molecule has 1 aliphatic carbocycles. The van der Waals surface area contributed by atoms with Crippen molar-refractivity contribution in [1.82, 2.24) is 0 Å². The Bertz CT molecular complexity index is 411. The van der Waals surface area contributed by atoms with Crippen molar-refractivity contribution in [2.75, 3.05) is 0 Å². The SMILES string of the molecule is Cc1ccccc1C1CCCCCC1CC(=O)O. The summed E-state index contributed by atoms with van der Waals surface area (Å²) in [4.78, 5) is 11.0. The molecule has 2 rings (SSSR count). The molecular weight excluding hydrogens is 224 g/mol. The third-order valence-electron chi connectivity index (χ3n) is 4.18. The first-order valence-electron chi connectivity index (χ1n) is 6.96. The number of hydrogen-bond donors (Lipinski definition) is 1. The molecule has 0 aromatic heterocycles. The monoisotopic (exact) mass is 246 g/mol. The summed E-state index contributed by atoms with van der Waals surface area (Å²) >= 11 is 0. The third-order valence-corrected chi connectivity index (χ3v) is 4.18. The maximum Gasteiger partial charge on any atom is 0.303 e. The smallest absolute Gasteiger partial charge is 0.303 e. The molecule has 1 aromatic rings. The van der Waals surface area contributed by atoms with Crippen LogP contribution in [-0.2, 0) is 4.79 Å². The van der Waals surface area contributed by atoms with Crippen LogP contribution in [0.15, 0.2) is 24.3 Å². The predicted octanol–water partition coefficient (Wildman–Crippen LogP) is 4.13. The highest BCUT2D eigenvalue weighted by Gasteiger charge is 2.27. The average Bonchev–Trinajstić information content (AvgIpc) is 2.55. The molecule has 0 bridgehead atoms. The van der Waals surface area contributed by atoms with Gasteiger partial charge in [0.25, 0.3) is 0 Å². The molecule has 2 heteroatoms.